The third kappa shape index (κ3) is 4.88. The highest BCUT2D eigenvalue weighted by atomic mass is 32.1. The van der Waals surface area contributed by atoms with Gasteiger partial charge in [0.25, 0.3) is 0 Å². The van der Waals surface area contributed by atoms with Gasteiger partial charge in [0.2, 0.25) is 0 Å². The Hall–Kier alpha value is -1.60. The van der Waals surface area contributed by atoms with E-state index in [0.29, 0.717) is 13.2 Å². The van der Waals surface area contributed by atoms with Crippen LogP contribution in [0, 0.1) is 11.6 Å². The highest BCUT2D eigenvalue weighted by Gasteiger charge is 2.11. The molecule has 0 heterocycles. The molecule has 7 heteroatoms. The van der Waals surface area contributed by atoms with E-state index in [0.717, 1.165) is 0 Å². The van der Waals surface area contributed by atoms with E-state index < -0.39 is 11.6 Å². The van der Waals surface area contributed by atoms with Gasteiger partial charge >= 0.3 is 0 Å². The van der Waals surface area contributed by atoms with E-state index >= 15 is 0 Å². The summed E-state index contributed by atoms with van der Waals surface area (Å²) in [6.07, 6.45) is 0. The molecule has 0 bridgehead atoms. The predicted octanol–water partition coefficient (Wildman–Crippen LogP) is 1.80. The summed E-state index contributed by atoms with van der Waals surface area (Å²) in [7, 11) is 1.57. The Balaban J connectivity index is 2.64. The molecule has 0 saturated carbocycles. The second-order valence-corrected chi connectivity index (χ2v) is 4.06. The second-order valence-electron chi connectivity index (χ2n) is 3.65. The summed E-state index contributed by atoms with van der Waals surface area (Å²) in [4.78, 5) is 0. The van der Waals surface area contributed by atoms with Crippen LogP contribution in [0.2, 0.25) is 0 Å². The molecule has 1 aromatic carbocycles. The van der Waals surface area contributed by atoms with Crippen molar-refractivity contribution in [2.24, 2.45) is 5.10 Å². The number of thiocarbonyl (C=S) groups is 1. The Labute approximate surface area is 115 Å². The molecule has 104 valence electrons. The van der Waals surface area contributed by atoms with Crippen LogP contribution in [0.3, 0.4) is 0 Å². The number of hydrogen-bond donors (Lipinski definition) is 2. The van der Waals surface area contributed by atoms with Crippen molar-refractivity contribution in [2.75, 3.05) is 20.3 Å². The molecule has 0 atom stereocenters. The maximum Gasteiger partial charge on any atom is 0.187 e. The first-order valence-corrected chi connectivity index (χ1v) is 5.98. The maximum atomic E-state index is 13.5. The fourth-order valence-electron chi connectivity index (χ4n) is 1.34. The topological polar surface area (TPSA) is 45.6 Å². The predicted molar refractivity (Wildman–Crippen MR) is 74.2 cm³/mol. The summed E-state index contributed by atoms with van der Waals surface area (Å²) in [5.41, 5.74) is 2.51. The zero-order valence-electron chi connectivity index (χ0n) is 10.7. The molecule has 2 N–H and O–H groups in total. The molecule has 1 rings (SSSR count). The highest BCUT2D eigenvalue weighted by Crippen LogP contribution is 2.12. The van der Waals surface area contributed by atoms with Gasteiger partial charge in [-0.2, -0.15) is 5.10 Å². The van der Waals surface area contributed by atoms with Crippen LogP contribution in [0.15, 0.2) is 23.3 Å². The van der Waals surface area contributed by atoms with Gasteiger partial charge < -0.3 is 10.1 Å². The van der Waals surface area contributed by atoms with Gasteiger partial charge in [-0.05, 0) is 31.3 Å². The summed E-state index contributed by atoms with van der Waals surface area (Å²) < 4.78 is 31.8. The SMILES string of the molecule is COCCNC(=S)NN=C(C)c1c(F)cccc1F. The molecule has 0 radical (unpaired) electrons. The van der Waals surface area contributed by atoms with Gasteiger partial charge in [-0.1, -0.05) is 6.07 Å². The Morgan fingerprint density at radius 3 is 2.58 bits per heavy atom. The van der Waals surface area contributed by atoms with Gasteiger partial charge in [0, 0.05) is 13.7 Å². The summed E-state index contributed by atoms with van der Waals surface area (Å²) in [6, 6.07) is 3.64. The fourth-order valence-corrected chi connectivity index (χ4v) is 1.49. The first kappa shape index (κ1) is 15.5. The minimum atomic E-state index is -0.665. The number of hydrogen-bond acceptors (Lipinski definition) is 3. The van der Waals surface area contributed by atoms with Crippen molar-refractivity contribution in [1.29, 1.82) is 0 Å². The third-order valence-electron chi connectivity index (χ3n) is 2.24. The van der Waals surface area contributed by atoms with Gasteiger partial charge in [-0.25, -0.2) is 8.78 Å². The molecule has 0 amide bonds. The number of hydrazone groups is 1. The first-order valence-electron chi connectivity index (χ1n) is 5.57. The number of nitrogens with one attached hydrogen (secondary N) is 2. The second kappa shape index (κ2) is 7.75. The number of rotatable bonds is 5. The number of methoxy groups -OCH3 is 1. The number of benzene rings is 1. The lowest BCUT2D eigenvalue weighted by molar-refractivity contribution is 0.204. The average Bonchev–Trinajstić information content (AvgIpc) is 2.36. The van der Waals surface area contributed by atoms with Gasteiger partial charge in [-0.15, -0.1) is 0 Å². The lowest BCUT2D eigenvalue weighted by Crippen LogP contribution is -2.34. The van der Waals surface area contributed by atoms with Gasteiger partial charge in [-0.3, -0.25) is 5.43 Å². The van der Waals surface area contributed by atoms with Crippen LogP contribution in [0.4, 0.5) is 8.78 Å². The van der Waals surface area contributed by atoms with E-state index in [2.05, 4.69) is 15.8 Å². The van der Waals surface area contributed by atoms with Crippen molar-refractivity contribution in [3.63, 3.8) is 0 Å². The molecular formula is C12H15F2N3OS. The van der Waals surface area contributed by atoms with Crippen molar-refractivity contribution in [3.05, 3.63) is 35.4 Å². The summed E-state index contributed by atoms with van der Waals surface area (Å²) >= 11 is 4.93. The van der Waals surface area contributed by atoms with Crippen molar-refractivity contribution < 1.29 is 13.5 Å². The molecule has 0 aliphatic heterocycles. The Morgan fingerprint density at radius 2 is 2.00 bits per heavy atom. The molecule has 4 nitrogen and oxygen atoms in total. The molecule has 0 unspecified atom stereocenters. The first-order chi connectivity index (χ1) is 9.06. The molecule has 0 spiro atoms. The van der Waals surface area contributed by atoms with Crippen LogP contribution < -0.4 is 10.7 Å². The maximum absolute atomic E-state index is 13.5. The van der Waals surface area contributed by atoms with E-state index in [1.54, 1.807) is 7.11 Å². The standard InChI is InChI=1S/C12H15F2N3OS/c1-8(11-9(13)4-3-5-10(11)14)16-17-12(19)15-6-7-18-2/h3-5H,6-7H2,1-2H3,(H2,15,17,19). The highest BCUT2D eigenvalue weighted by molar-refractivity contribution is 7.80. The largest absolute Gasteiger partial charge is 0.383 e. The molecule has 0 saturated heterocycles. The minimum absolute atomic E-state index is 0.172. The van der Waals surface area contributed by atoms with Gasteiger partial charge in [0.1, 0.15) is 11.6 Å². The molecule has 19 heavy (non-hydrogen) atoms. The monoisotopic (exact) mass is 287 g/mol. The molecule has 0 aliphatic rings. The Morgan fingerprint density at radius 1 is 1.37 bits per heavy atom. The van der Waals surface area contributed by atoms with Crippen molar-refractivity contribution in [3.8, 4) is 0 Å². The lowest BCUT2D eigenvalue weighted by atomic mass is 10.1. The van der Waals surface area contributed by atoms with Gasteiger partial charge in [0.15, 0.2) is 5.11 Å². The van der Waals surface area contributed by atoms with Crippen molar-refractivity contribution >= 4 is 23.0 Å². The quantitative estimate of drug-likeness (QED) is 0.375. The number of ether oxygens (including phenoxy) is 1. The summed E-state index contributed by atoms with van der Waals surface area (Å²) in [6.45, 7) is 2.50. The number of halogens is 2. The van der Waals surface area contributed by atoms with E-state index in [1.165, 1.54) is 25.1 Å². The third-order valence-corrected chi connectivity index (χ3v) is 2.48. The number of nitrogens with zero attached hydrogens (tertiary/aromatic N) is 1. The van der Waals surface area contributed by atoms with Gasteiger partial charge in [0.05, 0.1) is 17.9 Å². The van der Waals surface area contributed by atoms with E-state index in [4.69, 9.17) is 17.0 Å². The normalized spacial score (nSPS) is 11.3. The van der Waals surface area contributed by atoms with E-state index in [1.807, 2.05) is 0 Å². The van der Waals surface area contributed by atoms with Crippen LogP contribution in [-0.4, -0.2) is 31.1 Å². The molecule has 1 aromatic rings. The Kier molecular flexibility index (Phi) is 6.31. The minimum Gasteiger partial charge on any atom is -0.383 e. The smallest absolute Gasteiger partial charge is 0.187 e. The average molecular weight is 287 g/mol. The summed E-state index contributed by atoms with van der Waals surface area (Å²) in [5.74, 6) is -1.33. The molecule has 0 aromatic heterocycles. The molecule has 0 aliphatic carbocycles. The summed E-state index contributed by atoms with van der Waals surface area (Å²) in [5, 5.41) is 6.91. The molecular weight excluding hydrogens is 272 g/mol. The fraction of sp³-hybridized carbons (Fsp3) is 0.333. The zero-order valence-corrected chi connectivity index (χ0v) is 11.5. The zero-order chi connectivity index (χ0) is 14.3. The van der Waals surface area contributed by atoms with Crippen LogP contribution in [-0.2, 0) is 4.74 Å². The van der Waals surface area contributed by atoms with Crippen LogP contribution in [0.5, 0.6) is 0 Å². The van der Waals surface area contributed by atoms with E-state index in [-0.39, 0.29) is 16.4 Å². The van der Waals surface area contributed by atoms with Crippen molar-refractivity contribution in [1.82, 2.24) is 10.7 Å². The van der Waals surface area contributed by atoms with Crippen LogP contribution >= 0.6 is 12.2 Å². The van der Waals surface area contributed by atoms with Crippen molar-refractivity contribution in [2.45, 2.75) is 6.92 Å². The molecule has 0 fully saturated rings. The van der Waals surface area contributed by atoms with Crippen LogP contribution in [0.25, 0.3) is 0 Å². The lowest BCUT2D eigenvalue weighted by Gasteiger charge is -2.08. The van der Waals surface area contributed by atoms with E-state index in [9.17, 15) is 8.78 Å². The Bertz CT molecular complexity index is 460. The van der Waals surface area contributed by atoms with Crippen LogP contribution in [0.1, 0.15) is 12.5 Å².